The van der Waals surface area contributed by atoms with Crippen molar-refractivity contribution in [1.29, 1.82) is 0 Å². The van der Waals surface area contributed by atoms with Crippen molar-refractivity contribution in [2.75, 3.05) is 0 Å². The summed E-state index contributed by atoms with van der Waals surface area (Å²) in [5.74, 6) is -0.174. The first-order chi connectivity index (χ1) is 9.95. The molecule has 0 amide bonds. The second kappa shape index (κ2) is 5.12. The number of hydrogen-bond acceptors (Lipinski definition) is 4. The molecule has 21 heavy (non-hydrogen) atoms. The molecule has 0 aliphatic carbocycles. The Morgan fingerprint density at radius 2 is 1.90 bits per heavy atom. The fourth-order valence-corrected chi connectivity index (χ4v) is 5.09. The summed E-state index contributed by atoms with van der Waals surface area (Å²) in [5, 5.41) is 9.71. The number of benzene rings is 1. The minimum Gasteiger partial charge on any atom is -0.515 e. The van der Waals surface area contributed by atoms with Gasteiger partial charge in [0.1, 0.15) is 0 Å². The predicted octanol–water partition coefficient (Wildman–Crippen LogP) is 2.28. The Morgan fingerprint density at radius 1 is 1.24 bits per heavy atom. The third-order valence-electron chi connectivity index (χ3n) is 4.07. The van der Waals surface area contributed by atoms with Crippen molar-refractivity contribution < 1.29 is 18.3 Å². The summed E-state index contributed by atoms with van der Waals surface area (Å²) in [6, 6.07) is 5.06. The Hall–Kier alpha value is -1.37. The minimum atomic E-state index is -3.71. The summed E-state index contributed by atoms with van der Waals surface area (Å²) in [6.45, 7) is 0. The van der Waals surface area contributed by atoms with E-state index in [9.17, 15) is 18.3 Å². The lowest BCUT2D eigenvalue weighted by Gasteiger charge is -2.34. The van der Waals surface area contributed by atoms with E-state index in [0.717, 1.165) is 6.26 Å². The van der Waals surface area contributed by atoms with Crippen LogP contribution in [-0.4, -0.2) is 35.7 Å². The van der Waals surface area contributed by atoms with Crippen LogP contribution in [0.1, 0.15) is 19.3 Å². The van der Waals surface area contributed by atoms with E-state index in [4.69, 9.17) is 11.6 Å². The van der Waals surface area contributed by atoms with E-state index in [-0.39, 0.29) is 28.7 Å². The number of rotatable bonds is 2. The van der Waals surface area contributed by atoms with Crippen molar-refractivity contribution in [2.24, 2.45) is 0 Å². The van der Waals surface area contributed by atoms with E-state index in [1.54, 1.807) is 0 Å². The molecule has 2 saturated heterocycles. The second-order valence-corrected chi connectivity index (χ2v) is 7.53. The SMILES string of the molecule is O=C1CC2CCC(/C1=C\O)N2S(=O)(=O)c1ccc(Cl)cc1. The van der Waals surface area contributed by atoms with Gasteiger partial charge in [0.15, 0.2) is 5.78 Å². The van der Waals surface area contributed by atoms with Crippen molar-refractivity contribution in [3.8, 4) is 0 Å². The van der Waals surface area contributed by atoms with Crippen molar-refractivity contribution in [1.82, 2.24) is 4.31 Å². The number of ketones is 1. The van der Waals surface area contributed by atoms with E-state index in [1.807, 2.05) is 0 Å². The number of fused-ring (bicyclic) bond motifs is 2. The van der Waals surface area contributed by atoms with Crippen LogP contribution in [0.15, 0.2) is 41.0 Å². The van der Waals surface area contributed by atoms with Gasteiger partial charge in [-0.1, -0.05) is 11.6 Å². The fourth-order valence-electron chi connectivity index (χ4n) is 3.11. The first-order valence-electron chi connectivity index (χ1n) is 6.61. The molecule has 2 fully saturated rings. The highest BCUT2D eigenvalue weighted by molar-refractivity contribution is 7.89. The van der Waals surface area contributed by atoms with Gasteiger partial charge in [-0.3, -0.25) is 4.79 Å². The molecule has 2 bridgehead atoms. The molecule has 2 aliphatic heterocycles. The molecule has 1 N–H and O–H groups in total. The summed E-state index contributed by atoms with van der Waals surface area (Å²) >= 11 is 5.79. The van der Waals surface area contributed by atoms with Crippen LogP contribution in [0.25, 0.3) is 0 Å². The Morgan fingerprint density at radius 3 is 2.52 bits per heavy atom. The third kappa shape index (κ3) is 2.27. The van der Waals surface area contributed by atoms with Gasteiger partial charge in [-0.25, -0.2) is 8.42 Å². The number of aliphatic hydroxyl groups is 1. The molecule has 1 aromatic rings. The Bertz CT molecular complexity index is 711. The number of halogens is 1. The summed E-state index contributed by atoms with van der Waals surface area (Å²) in [4.78, 5) is 12.0. The van der Waals surface area contributed by atoms with E-state index < -0.39 is 16.1 Å². The first kappa shape index (κ1) is 14.6. The number of carbonyl (C=O) groups excluding carboxylic acids is 1. The van der Waals surface area contributed by atoms with Gasteiger partial charge in [0.05, 0.1) is 17.2 Å². The van der Waals surface area contributed by atoms with Crippen LogP contribution in [0.5, 0.6) is 0 Å². The van der Waals surface area contributed by atoms with Crippen LogP contribution in [0, 0.1) is 0 Å². The number of hydrogen-bond donors (Lipinski definition) is 1. The Kier molecular flexibility index (Phi) is 3.55. The van der Waals surface area contributed by atoms with E-state index >= 15 is 0 Å². The molecule has 0 spiro atoms. The summed E-state index contributed by atoms with van der Waals surface area (Å²) < 4.78 is 26.9. The molecule has 0 saturated carbocycles. The average molecular weight is 328 g/mol. The van der Waals surface area contributed by atoms with Crippen molar-refractivity contribution in [3.05, 3.63) is 41.1 Å². The maximum Gasteiger partial charge on any atom is 0.243 e. The largest absolute Gasteiger partial charge is 0.515 e. The quantitative estimate of drug-likeness (QED) is 0.668. The van der Waals surface area contributed by atoms with Gasteiger partial charge in [0, 0.05) is 23.1 Å². The Balaban J connectivity index is 2.04. The van der Waals surface area contributed by atoms with E-state index in [2.05, 4.69) is 0 Å². The van der Waals surface area contributed by atoms with Gasteiger partial charge in [-0.15, -0.1) is 0 Å². The van der Waals surface area contributed by atoms with Gasteiger partial charge < -0.3 is 5.11 Å². The summed E-state index contributed by atoms with van der Waals surface area (Å²) in [6.07, 6.45) is 2.05. The molecule has 0 radical (unpaired) electrons. The van der Waals surface area contributed by atoms with Gasteiger partial charge >= 0.3 is 0 Å². The highest BCUT2D eigenvalue weighted by Crippen LogP contribution is 2.40. The molecule has 2 atom stereocenters. The van der Waals surface area contributed by atoms with Gasteiger partial charge in [-0.05, 0) is 37.1 Å². The third-order valence-corrected chi connectivity index (χ3v) is 6.30. The predicted molar refractivity (Wildman–Crippen MR) is 77.6 cm³/mol. The van der Waals surface area contributed by atoms with Crippen LogP contribution >= 0.6 is 11.6 Å². The molecule has 3 rings (SSSR count). The lowest BCUT2D eigenvalue weighted by atomic mass is 9.99. The lowest BCUT2D eigenvalue weighted by Crippen LogP contribution is -2.48. The van der Waals surface area contributed by atoms with E-state index in [0.29, 0.717) is 17.9 Å². The second-order valence-electron chi connectivity index (χ2n) is 5.25. The standard InChI is InChI=1S/C14H14ClNO4S/c15-9-1-4-11(5-2-9)21(19,20)16-10-3-6-13(16)12(8-17)14(18)7-10/h1-2,4-5,8,10,13,17H,3,6-7H2/b12-8+. The molecule has 2 heterocycles. The van der Waals surface area contributed by atoms with Crippen molar-refractivity contribution in [3.63, 3.8) is 0 Å². The number of aliphatic hydroxyl groups excluding tert-OH is 1. The topological polar surface area (TPSA) is 74.7 Å². The van der Waals surface area contributed by atoms with Crippen LogP contribution in [0.4, 0.5) is 0 Å². The number of nitrogens with zero attached hydrogens (tertiary/aromatic N) is 1. The Labute approximate surface area is 127 Å². The molecular weight excluding hydrogens is 314 g/mol. The highest BCUT2D eigenvalue weighted by atomic mass is 35.5. The number of piperidine rings is 1. The number of Topliss-reactive ketones (excluding diaryl/α,β-unsaturated/α-hetero) is 1. The molecule has 1 aromatic carbocycles. The minimum absolute atomic E-state index is 0.121. The van der Waals surface area contributed by atoms with Crippen LogP contribution in [0.2, 0.25) is 5.02 Å². The number of sulfonamides is 1. The normalized spacial score (nSPS) is 28.2. The van der Waals surface area contributed by atoms with Gasteiger partial charge in [0.2, 0.25) is 10.0 Å². The average Bonchev–Trinajstić information content (AvgIpc) is 2.77. The summed E-state index contributed by atoms with van der Waals surface area (Å²) in [5.41, 5.74) is 0.182. The molecule has 7 heteroatoms. The van der Waals surface area contributed by atoms with E-state index in [1.165, 1.54) is 28.6 Å². The van der Waals surface area contributed by atoms with Crippen LogP contribution in [0.3, 0.4) is 0 Å². The summed E-state index contributed by atoms with van der Waals surface area (Å²) in [7, 11) is -3.71. The molecule has 0 aromatic heterocycles. The smallest absolute Gasteiger partial charge is 0.243 e. The molecule has 2 unspecified atom stereocenters. The molecular formula is C14H14ClNO4S. The van der Waals surface area contributed by atoms with Crippen molar-refractivity contribution >= 4 is 27.4 Å². The van der Waals surface area contributed by atoms with Crippen LogP contribution in [-0.2, 0) is 14.8 Å². The van der Waals surface area contributed by atoms with Gasteiger partial charge in [-0.2, -0.15) is 4.31 Å². The zero-order valence-corrected chi connectivity index (χ0v) is 12.6. The number of carbonyl (C=O) groups is 1. The van der Waals surface area contributed by atoms with Crippen molar-refractivity contribution in [2.45, 2.75) is 36.2 Å². The maximum absolute atomic E-state index is 12.8. The zero-order chi connectivity index (χ0) is 15.2. The highest BCUT2D eigenvalue weighted by Gasteiger charge is 2.49. The molecule has 2 aliphatic rings. The fraction of sp³-hybridized carbons (Fsp3) is 0.357. The monoisotopic (exact) mass is 327 g/mol. The lowest BCUT2D eigenvalue weighted by molar-refractivity contribution is -0.117. The molecule has 5 nitrogen and oxygen atoms in total. The molecule has 112 valence electrons. The van der Waals surface area contributed by atoms with Gasteiger partial charge in [0.25, 0.3) is 0 Å². The zero-order valence-electron chi connectivity index (χ0n) is 11.1. The first-order valence-corrected chi connectivity index (χ1v) is 8.43. The maximum atomic E-state index is 12.8. The van der Waals surface area contributed by atoms with Crippen LogP contribution < -0.4 is 0 Å².